The zero-order valence-corrected chi connectivity index (χ0v) is 10.4. The summed E-state index contributed by atoms with van der Waals surface area (Å²) in [6, 6.07) is 0. The quantitative estimate of drug-likeness (QED) is 0.780. The van der Waals surface area contributed by atoms with Crippen LogP contribution in [0.15, 0.2) is 4.52 Å². The van der Waals surface area contributed by atoms with Gasteiger partial charge in [0.05, 0.1) is 5.92 Å². The first kappa shape index (κ1) is 10.7. The molecule has 2 heterocycles. The first-order valence-corrected chi connectivity index (χ1v) is 6.05. The van der Waals surface area contributed by atoms with Crippen molar-refractivity contribution in [3.05, 3.63) is 11.7 Å². The summed E-state index contributed by atoms with van der Waals surface area (Å²) in [5.74, 6) is 2.10. The molecule has 1 saturated heterocycles. The number of hydrogen-bond donors (Lipinski definition) is 0. The number of rotatable bonds is 2. The van der Waals surface area contributed by atoms with Crippen molar-refractivity contribution in [1.82, 2.24) is 15.0 Å². The van der Waals surface area contributed by atoms with E-state index < -0.39 is 0 Å². The molecule has 1 aliphatic carbocycles. The van der Waals surface area contributed by atoms with E-state index >= 15 is 0 Å². The Morgan fingerprint density at radius 1 is 1.47 bits per heavy atom. The Balaban J connectivity index is 1.76. The lowest BCUT2D eigenvalue weighted by Crippen LogP contribution is -2.18. The number of aromatic nitrogens is 2. The van der Waals surface area contributed by atoms with Gasteiger partial charge in [-0.25, -0.2) is 0 Å². The maximum atomic E-state index is 11.4. The number of amides is 1. The molecule has 3 rings (SSSR count). The van der Waals surface area contributed by atoms with Crippen molar-refractivity contribution in [3.63, 3.8) is 0 Å². The number of carbonyl (C=O) groups excluding carboxylic acids is 1. The molecule has 1 aromatic heterocycles. The van der Waals surface area contributed by atoms with Gasteiger partial charge in [0.25, 0.3) is 0 Å². The molecule has 92 valence electrons. The van der Waals surface area contributed by atoms with Crippen molar-refractivity contribution in [1.29, 1.82) is 0 Å². The van der Waals surface area contributed by atoms with Gasteiger partial charge in [0.2, 0.25) is 11.8 Å². The highest BCUT2D eigenvalue weighted by Gasteiger charge is 2.49. The molecule has 0 N–H and O–H groups in total. The lowest BCUT2D eigenvalue weighted by molar-refractivity contribution is -0.126. The summed E-state index contributed by atoms with van der Waals surface area (Å²) in [7, 11) is 1.81. The van der Waals surface area contributed by atoms with E-state index in [1.165, 1.54) is 0 Å². The molecule has 1 saturated carbocycles. The highest BCUT2D eigenvalue weighted by Crippen LogP contribution is 2.57. The molecule has 1 aromatic rings. The monoisotopic (exact) mass is 235 g/mol. The standard InChI is InChI=1S/C12H17N3O2/c1-12(2)5-8(12)10-13-11(17-14-10)7-4-9(16)15(3)6-7/h7-8H,4-6H2,1-3H3. The summed E-state index contributed by atoms with van der Waals surface area (Å²) in [4.78, 5) is 17.6. The molecule has 2 atom stereocenters. The van der Waals surface area contributed by atoms with Gasteiger partial charge in [-0.1, -0.05) is 19.0 Å². The fraction of sp³-hybridized carbons (Fsp3) is 0.750. The van der Waals surface area contributed by atoms with Gasteiger partial charge in [0, 0.05) is 25.9 Å². The van der Waals surface area contributed by atoms with E-state index in [1.807, 2.05) is 7.05 Å². The van der Waals surface area contributed by atoms with Crippen LogP contribution in [0.5, 0.6) is 0 Å². The molecule has 0 bridgehead atoms. The van der Waals surface area contributed by atoms with Gasteiger partial charge >= 0.3 is 0 Å². The van der Waals surface area contributed by atoms with E-state index in [9.17, 15) is 4.79 Å². The number of nitrogens with zero attached hydrogens (tertiary/aromatic N) is 3. The minimum absolute atomic E-state index is 0.0793. The maximum Gasteiger partial charge on any atom is 0.232 e. The minimum Gasteiger partial charge on any atom is -0.345 e. The summed E-state index contributed by atoms with van der Waals surface area (Å²) < 4.78 is 5.30. The van der Waals surface area contributed by atoms with Crippen LogP contribution in [0.25, 0.3) is 0 Å². The Morgan fingerprint density at radius 3 is 2.71 bits per heavy atom. The summed E-state index contributed by atoms with van der Waals surface area (Å²) in [6.07, 6.45) is 1.61. The Morgan fingerprint density at radius 2 is 2.18 bits per heavy atom. The number of carbonyl (C=O) groups is 1. The van der Waals surface area contributed by atoms with Crippen molar-refractivity contribution in [2.24, 2.45) is 5.41 Å². The summed E-state index contributed by atoms with van der Waals surface area (Å²) in [5.41, 5.74) is 0.309. The fourth-order valence-electron chi connectivity index (χ4n) is 2.49. The molecule has 2 aliphatic rings. The summed E-state index contributed by atoms with van der Waals surface area (Å²) in [5, 5.41) is 4.05. The average Bonchev–Trinajstić information content (AvgIpc) is 2.69. The van der Waals surface area contributed by atoms with Crippen LogP contribution in [-0.2, 0) is 4.79 Å². The van der Waals surface area contributed by atoms with Crippen LogP contribution >= 0.6 is 0 Å². The van der Waals surface area contributed by atoms with Crippen LogP contribution < -0.4 is 0 Å². The van der Waals surface area contributed by atoms with Gasteiger partial charge in [-0.3, -0.25) is 4.79 Å². The van der Waals surface area contributed by atoms with Crippen LogP contribution in [0.1, 0.15) is 50.2 Å². The first-order chi connectivity index (χ1) is 7.97. The molecular formula is C12H17N3O2. The molecule has 0 spiro atoms. The Hall–Kier alpha value is -1.39. The molecule has 0 aromatic carbocycles. The van der Waals surface area contributed by atoms with E-state index in [4.69, 9.17) is 4.52 Å². The first-order valence-electron chi connectivity index (χ1n) is 6.05. The molecule has 1 aliphatic heterocycles. The van der Waals surface area contributed by atoms with Crippen molar-refractivity contribution in [2.45, 2.75) is 38.5 Å². The highest BCUT2D eigenvalue weighted by molar-refractivity contribution is 5.79. The predicted molar refractivity (Wildman–Crippen MR) is 60.4 cm³/mol. The molecular weight excluding hydrogens is 218 g/mol. The number of likely N-dealkylation sites (N-methyl/N-ethyl adjacent to an activating group) is 1. The molecule has 2 fully saturated rings. The molecule has 2 unspecified atom stereocenters. The fourth-order valence-corrected chi connectivity index (χ4v) is 2.49. The highest BCUT2D eigenvalue weighted by atomic mass is 16.5. The third-order valence-corrected chi connectivity index (χ3v) is 3.97. The van der Waals surface area contributed by atoms with Gasteiger partial charge in [0.1, 0.15) is 0 Å². The van der Waals surface area contributed by atoms with Crippen molar-refractivity contribution in [2.75, 3.05) is 13.6 Å². The normalized spacial score (nSPS) is 31.0. The number of likely N-dealkylation sites (tertiary alicyclic amines) is 1. The van der Waals surface area contributed by atoms with Gasteiger partial charge in [-0.2, -0.15) is 4.98 Å². The summed E-state index contributed by atoms with van der Waals surface area (Å²) in [6.45, 7) is 5.11. The van der Waals surface area contributed by atoms with E-state index in [2.05, 4.69) is 24.0 Å². The number of hydrogen-bond acceptors (Lipinski definition) is 4. The van der Waals surface area contributed by atoms with Crippen molar-refractivity contribution < 1.29 is 9.32 Å². The Bertz CT molecular complexity index is 466. The van der Waals surface area contributed by atoms with Gasteiger partial charge in [-0.15, -0.1) is 0 Å². The smallest absolute Gasteiger partial charge is 0.232 e. The molecule has 0 radical (unpaired) electrons. The zero-order chi connectivity index (χ0) is 12.2. The maximum absolute atomic E-state index is 11.4. The SMILES string of the molecule is CN1CC(c2nc(C3CC3(C)C)no2)CC1=O. The van der Waals surface area contributed by atoms with E-state index in [0.717, 1.165) is 12.2 Å². The molecule has 5 heteroatoms. The second-order valence-corrected chi connectivity index (χ2v) is 5.91. The summed E-state index contributed by atoms with van der Waals surface area (Å²) >= 11 is 0. The van der Waals surface area contributed by atoms with Crippen LogP contribution in [-0.4, -0.2) is 34.5 Å². The van der Waals surface area contributed by atoms with Gasteiger partial charge < -0.3 is 9.42 Å². The zero-order valence-electron chi connectivity index (χ0n) is 10.4. The Kier molecular flexibility index (Phi) is 2.09. The topological polar surface area (TPSA) is 59.2 Å². The van der Waals surface area contributed by atoms with E-state index in [-0.39, 0.29) is 11.8 Å². The third kappa shape index (κ3) is 1.73. The van der Waals surface area contributed by atoms with Crippen molar-refractivity contribution in [3.8, 4) is 0 Å². The van der Waals surface area contributed by atoms with Crippen LogP contribution in [0, 0.1) is 5.41 Å². The van der Waals surface area contributed by atoms with Gasteiger partial charge in [0.15, 0.2) is 5.82 Å². The minimum atomic E-state index is 0.0793. The predicted octanol–water partition coefficient (Wildman–Crippen LogP) is 1.53. The van der Waals surface area contributed by atoms with Crippen LogP contribution in [0.2, 0.25) is 0 Å². The molecule has 1 amide bonds. The largest absolute Gasteiger partial charge is 0.345 e. The van der Waals surface area contributed by atoms with E-state index in [1.54, 1.807) is 4.90 Å². The van der Waals surface area contributed by atoms with Crippen LogP contribution in [0.4, 0.5) is 0 Å². The second kappa shape index (κ2) is 3.31. The van der Waals surface area contributed by atoms with Crippen LogP contribution in [0.3, 0.4) is 0 Å². The average molecular weight is 235 g/mol. The lowest BCUT2D eigenvalue weighted by Gasteiger charge is -2.06. The van der Waals surface area contributed by atoms with Crippen molar-refractivity contribution >= 4 is 5.91 Å². The second-order valence-electron chi connectivity index (χ2n) is 5.91. The Labute approximate surface area is 100 Å². The van der Waals surface area contributed by atoms with Gasteiger partial charge in [-0.05, 0) is 11.8 Å². The third-order valence-electron chi connectivity index (χ3n) is 3.97. The lowest BCUT2D eigenvalue weighted by atomic mass is 10.1. The van der Waals surface area contributed by atoms with E-state index in [0.29, 0.717) is 30.2 Å². The molecule has 17 heavy (non-hydrogen) atoms. The molecule has 5 nitrogen and oxygen atoms in total.